The Kier molecular flexibility index (Phi) is 6.58. The van der Waals surface area contributed by atoms with Crippen molar-refractivity contribution in [1.82, 2.24) is 5.43 Å². The molecule has 2 aromatic rings. The molecule has 0 aromatic heterocycles. The maximum atomic E-state index is 12.3. The third-order valence-corrected chi connectivity index (χ3v) is 4.23. The van der Waals surface area contributed by atoms with Gasteiger partial charge in [0.1, 0.15) is 0 Å². The van der Waals surface area contributed by atoms with Crippen LogP contribution in [0.4, 0.5) is 0 Å². The number of nitrogens with zero attached hydrogens (tertiary/aromatic N) is 1. The van der Waals surface area contributed by atoms with E-state index in [-0.39, 0.29) is 5.91 Å². The molecule has 0 aliphatic heterocycles. The van der Waals surface area contributed by atoms with Crippen molar-refractivity contribution in [1.29, 1.82) is 0 Å². The molecule has 0 aliphatic rings. The van der Waals surface area contributed by atoms with Crippen LogP contribution in [0.25, 0.3) is 0 Å². The molecule has 0 saturated carbocycles. The van der Waals surface area contributed by atoms with Gasteiger partial charge < -0.3 is 0 Å². The molecule has 0 radical (unpaired) electrons. The molecule has 0 spiro atoms. The first-order valence-corrected chi connectivity index (χ1v) is 8.47. The fraction of sp³-hybridized carbons (Fsp3) is 0.222. The highest BCUT2D eigenvalue weighted by Crippen LogP contribution is 2.12. The largest absolute Gasteiger partial charge is 0.272 e. The van der Waals surface area contributed by atoms with E-state index in [1.54, 1.807) is 6.07 Å². The summed E-state index contributed by atoms with van der Waals surface area (Å²) in [6.07, 6.45) is 3.00. The number of unbranched alkanes of at least 4 members (excludes halogenated alkanes) is 1. The molecular formula is C18H19IN2O. The number of nitrogens with one attached hydrogen (secondary N) is 1. The van der Waals surface area contributed by atoms with Gasteiger partial charge in [-0.2, -0.15) is 5.10 Å². The minimum absolute atomic E-state index is 0.171. The average Bonchev–Trinajstić information content (AvgIpc) is 2.56. The summed E-state index contributed by atoms with van der Waals surface area (Å²) in [5.41, 5.74) is 5.31. The molecule has 3 nitrogen and oxygen atoms in total. The number of benzene rings is 2. The predicted octanol–water partition coefficient (Wildman–Crippen LogP) is 4.62. The Morgan fingerprint density at radius 1 is 1.09 bits per heavy atom. The summed E-state index contributed by atoms with van der Waals surface area (Å²) in [6, 6.07) is 17.5. The van der Waals surface area contributed by atoms with Gasteiger partial charge in [0, 0.05) is 3.57 Å². The van der Waals surface area contributed by atoms with E-state index in [1.807, 2.05) is 48.5 Å². The second-order valence-electron chi connectivity index (χ2n) is 4.95. The van der Waals surface area contributed by atoms with Gasteiger partial charge in [0.2, 0.25) is 0 Å². The van der Waals surface area contributed by atoms with Gasteiger partial charge in [0.25, 0.3) is 5.91 Å². The molecule has 1 N–H and O–H groups in total. The molecule has 22 heavy (non-hydrogen) atoms. The van der Waals surface area contributed by atoms with Crippen LogP contribution >= 0.6 is 22.6 Å². The van der Waals surface area contributed by atoms with Crippen molar-refractivity contribution in [3.63, 3.8) is 0 Å². The third kappa shape index (κ3) is 4.66. The number of hydrogen-bond donors (Lipinski definition) is 1. The molecule has 0 bridgehead atoms. The lowest BCUT2D eigenvalue weighted by atomic mass is 10.1. The van der Waals surface area contributed by atoms with E-state index in [2.05, 4.69) is 40.0 Å². The summed E-state index contributed by atoms with van der Waals surface area (Å²) < 4.78 is 0.919. The van der Waals surface area contributed by atoms with E-state index >= 15 is 0 Å². The zero-order valence-electron chi connectivity index (χ0n) is 12.6. The first-order valence-electron chi connectivity index (χ1n) is 7.39. The Morgan fingerprint density at radius 2 is 1.77 bits per heavy atom. The summed E-state index contributed by atoms with van der Waals surface area (Å²) in [4.78, 5) is 12.3. The Hall–Kier alpha value is -1.69. The molecule has 4 heteroatoms. The van der Waals surface area contributed by atoms with Gasteiger partial charge in [-0.1, -0.05) is 55.8 Å². The Balaban J connectivity index is 2.16. The lowest BCUT2D eigenvalue weighted by Crippen LogP contribution is -2.21. The van der Waals surface area contributed by atoms with Crippen molar-refractivity contribution in [3.05, 3.63) is 69.3 Å². The summed E-state index contributed by atoms with van der Waals surface area (Å²) in [5, 5.41) is 4.36. The number of hydrazone groups is 1. The van der Waals surface area contributed by atoms with Crippen LogP contribution in [0.15, 0.2) is 59.7 Å². The lowest BCUT2D eigenvalue weighted by Gasteiger charge is -2.08. The zero-order valence-corrected chi connectivity index (χ0v) is 14.7. The van der Waals surface area contributed by atoms with E-state index in [0.717, 1.165) is 34.1 Å². The number of hydrogen-bond acceptors (Lipinski definition) is 2. The lowest BCUT2D eigenvalue weighted by molar-refractivity contribution is 0.0954. The maximum absolute atomic E-state index is 12.3. The molecule has 0 aliphatic carbocycles. The Bertz CT molecular complexity index is 653. The molecule has 0 atom stereocenters. The van der Waals surface area contributed by atoms with Crippen molar-refractivity contribution >= 4 is 34.2 Å². The number of carbonyl (C=O) groups excluding carboxylic acids is 1. The summed E-state index contributed by atoms with van der Waals surface area (Å²) in [5.74, 6) is -0.171. The van der Waals surface area contributed by atoms with Crippen molar-refractivity contribution in [2.45, 2.75) is 26.2 Å². The van der Waals surface area contributed by atoms with E-state index in [9.17, 15) is 4.79 Å². The van der Waals surface area contributed by atoms with Gasteiger partial charge in [0.05, 0.1) is 11.3 Å². The van der Waals surface area contributed by atoms with Gasteiger partial charge in [-0.15, -0.1) is 0 Å². The van der Waals surface area contributed by atoms with E-state index < -0.39 is 0 Å². The molecule has 0 heterocycles. The van der Waals surface area contributed by atoms with Gasteiger partial charge >= 0.3 is 0 Å². The second-order valence-corrected chi connectivity index (χ2v) is 6.11. The summed E-state index contributed by atoms with van der Waals surface area (Å²) >= 11 is 2.16. The van der Waals surface area contributed by atoms with Crippen molar-refractivity contribution in [3.8, 4) is 0 Å². The van der Waals surface area contributed by atoms with Crippen LogP contribution in [0.2, 0.25) is 0 Å². The van der Waals surface area contributed by atoms with Crippen LogP contribution < -0.4 is 5.43 Å². The van der Waals surface area contributed by atoms with Crippen LogP contribution in [0.5, 0.6) is 0 Å². The van der Waals surface area contributed by atoms with E-state index in [4.69, 9.17) is 0 Å². The number of halogens is 1. The van der Waals surface area contributed by atoms with Gasteiger partial charge in [-0.3, -0.25) is 4.79 Å². The first-order chi connectivity index (χ1) is 10.7. The fourth-order valence-electron chi connectivity index (χ4n) is 2.06. The van der Waals surface area contributed by atoms with Crippen LogP contribution in [0.1, 0.15) is 42.1 Å². The van der Waals surface area contributed by atoms with Gasteiger partial charge in [-0.25, -0.2) is 5.43 Å². The zero-order chi connectivity index (χ0) is 15.8. The summed E-state index contributed by atoms with van der Waals surface area (Å²) in [7, 11) is 0. The predicted molar refractivity (Wildman–Crippen MR) is 99.1 cm³/mol. The maximum Gasteiger partial charge on any atom is 0.272 e. The Labute approximate surface area is 145 Å². The van der Waals surface area contributed by atoms with Gasteiger partial charge in [0.15, 0.2) is 0 Å². The Morgan fingerprint density at radius 3 is 2.45 bits per heavy atom. The van der Waals surface area contributed by atoms with Crippen LogP contribution in [0, 0.1) is 3.57 Å². The van der Waals surface area contributed by atoms with Crippen molar-refractivity contribution < 1.29 is 4.79 Å². The van der Waals surface area contributed by atoms with Crippen molar-refractivity contribution in [2.24, 2.45) is 5.10 Å². The van der Waals surface area contributed by atoms with Crippen molar-refractivity contribution in [2.75, 3.05) is 0 Å². The molecule has 0 unspecified atom stereocenters. The van der Waals surface area contributed by atoms with Crippen LogP contribution in [0.3, 0.4) is 0 Å². The first kappa shape index (κ1) is 16.7. The van der Waals surface area contributed by atoms with Crippen LogP contribution in [-0.4, -0.2) is 11.6 Å². The monoisotopic (exact) mass is 406 g/mol. The number of carbonyl (C=O) groups is 1. The minimum atomic E-state index is -0.171. The molecule has 0 fully saturated rings. The number of amides is 1. The number of rotatable bonds is 6. The van der Waals surface area contributed by atoms with E-state index in [0.29, 0.717) is 5.56 Å². The highest BCUT2D eigenvalue weighted by Gasteiger charge is 2.09. The highest BCUT2D eigenvalue weighted by molar-refractivity contribution is 14.1. The molecular weight excluding hydrogens is 387 g/mol. The minimum Gasteiger partial charge on any atom is -0.267 e. The van der Waals surface area contributed by atoms with E-state index in [1.165, 1.54) is 0 Å². The quantitative estimate of drug-likeness (QED) is 0.425. The average molecular weight is 406 g/mol. The highest BCUT2D eigenvalue weighted by atomic mass is 127. The second kappa shape index (κ2) is 8.68. The molecule has 2 rings (SSSR count). The molecule has 0 saturated heterocycles. The summed E-state index contributed by atoms with van der Waals surface area (Å²) in [6.45, 7) is 2.15. The van der Waals surface area contributed by atoms with Crippen LogP contribution in [-0.2, 0) is 0 Å². The fourth-order valence-corrected chi connectivity index (χ4v) is 2.70. The third-order valence-electron chi connectivity index (χ3n) is 3.29. The SMILES string of the molecule is CCCC/C(=N/NC(=O)c1ccccc1I)c1ccccc1. The topological polar surface area (TPSA) is 41.5 Å². The smallest absolute Gasteiger partial charge is 0.267 e. The molecule has 2 aromatic carbocycles. The standard InChI is InChI=1S/C18H19IN2O/c1-2-3-13-17(14-9-5-4-6-10-14)20-21-18(22)15-11-7-8-12-16(15)19/h4-12H,2-3,13H2,1H3,(H,21,22)/b20-17-. The normalized spacial score (nSPS) is 11.3. The molecule has 1 amide bonds. The molecule has 114 valence electrons. The van der Waals surface area contributed by atoms with Gasteiger partial charge in [-0.05, 0) is 53.1 Å².